The number of carbonyl (C=O) groups excluding carboxylic acids is 1. The first-order chi connectivity index (χ1) is 7.29. The van der Waals surface area contributed by atoms with Gasteiger partial charge in [0.25, 0.3) is 0 Å². The van der Waals surface area contributed by atoms with Gasteiger partial charge >= 0.3 is 0 Å². The zero-order valence-electron chi connectivity index (χ0n) is 9.45. The van der Waals surface area contributed by atoms with Gasteiger partial charge in [0.15, 0.2) is 0 Å². The minimum Gasteiger partial charge on any atom is -0.368 e. The van der Waals surface area contributed by atoms with Crippen molar-refractivity contribution in [2.75, 3.05) is 6.54 Å². The number of nitrogens with zero attached hydrogens (tertiary/aromatic N) is 1. The number of primary amides is 1. The van der Waals surface area contributed by atoms with Crippen LogP contribution in [0.5, 0.6) is 0 Å². The molecule has 1 heterocycles. The topological polar surface area (TPSA) is 46.3 Å². The Labute approximate surface area is 92.0 Å². The molecular formula is C12H22N2O. The quantitative estimate of drug-likeness (QED) is 0.753. The molecule has 3 nitrogen and oxygen atoms in total. The lowest BCUT2D eigenvalue weighted by Gasteiger charge is -2.41. The normalized spacial score (nSPS) is 30.3. The van der Waals surface area contributed by atoms with Crippen LogP contribution in [-0.4, -0.2) is 29.4 Å². The number of hydrogen-bond donors (Lipinski definition) is 1. The first-order valence-electron chi connectivity index (χ1n) is 6.34. The van der Waals surface area contributed by atoms with Crippen molar-refractivity contribution in [3.8, 4) is 0 Å². The molecule has 1 aliphatic carbocycles. The predicted molar refractivity (Wildman–Crippen MR) is 60.4 cm³/mol. The maximum absolute atomic E-state index is 11.4. The number of hydrogen-bond acceptors (Lipinski definition) is 2. The van der Waals surface area contributed by atoms with Gasteiger partial charge in [0.2, 0.25) is 5.91 Å². The van der Waals surface area contributed by atoms with Crippen molar-refractivity contribution in [2.45, 2.75) is 63.5 Å². The summed E-state index contributed by atoms with van der Waals surface area (Å²) in [6, 6.07) is 0.665. The van der Waals surface area contributed by atoms with Gasteiger partial charge in [-0.2, -0.15) is 0 Å². The van der Waals surface area contributed by atoms with E-state index >= 15 is 0 Å². The molecular weight excluding hydrogens is 188 g/mol. The van der Waals surface area contributed by atoms with Crippen LogP contribution in [0.15, 0.2) is 0 Å². The molecule has 1 amide bonds. The van der Waals surface area contributed by atoms with Crippen molar-refractivity contribution in [3.63, 3.8) is 0 Å². The van der Waals surface area contributed by atoms with Crippen LogP contribution in [0, 0.1) is 0 Å². The van der Waals surface area contributed by atoms with E-state index in [-0.39, 0.29) is 11.9 Å². The number of piperidine rings is 1. The van der Waals surface area contributed by atoms with Gasteiger partial charge in [-0.1, -0.05) is 25.7 Å². The summed E-state index contributed by atoms with van der Waals surface area (Å²) in [4.78, 5) is 13.8. The van der Waals surface area contributed by atoms with E-state index in [1.165, 1.54) is 38.5 Å². The van der Waals surface area contributed by atoms with Crippen LogP contribution >= 0.6 is 0 Å². The highest BCUT2D eigenvalue weighted by Crippen LogP contribution is 2.28. The molecule has 1 saturated heterocycles. The number of rotatable bonds is 2. The molecule has 2 fully saturated rings. The van der Waals surface area contributed by atoms with Crippen molar-refractivity contribution in [1.29, 1.82) is 0 Å². The molecule has 0 aromatic heterocycles. The van der Waals surface area contributed by atoms with Crippen molar-refractivity contribution < 1.29 is 4.79 Å². The van der Waals surface area contributed by atoms with Crippen LogP contribution in [0.4, 0.5) is 0 Å². The largest absolute Gasteiger partial charge is 0.368 e. The second kappa shape index (κ2) is 4.97. The zero-order valence-corrected chi connectivity index (χ0v) is 9.45. The average Bonchev–Trinajstić information content (AvgIpc) is 2.30. The van der Waals surface area contributed by atoms with Crippen LogP contribution in [0.3, 0.4) is 0 Å². The van der Waals surface area contributed by atoms with Gasteiger partial charge < -0.3 is 5.73 Å². The molecule has 3 heteroatoms. The van der Waals surface area contributed by atoms with Gasteiger partial charge in [-0.15, -0.1) is 0 Å². The maximum atomic E-state index is 11.4. The Hall–Kier alpha value is -0.570. The van der Waals surface area contributed by atoms with E-state index in [9.17, 15) is 4.79 Å². The SMILES string of the molecule is NC(=O)C1CCCCN1C1CCCCC1. The third-order valence-electron chi connectivity index (χ3n) is 3.92. The second-order valence-electron chi connectivity index (χ2n) is 4.94. The summed E-state index contributed by atoms with van der Waals surface area (Å²) in [6.45, 7) is 1.08. The summed E-state index contributed by atoms with van der Waals surface area (Å²) >= 11 is 0. The van der Waals surface area contributed by atoms with E-state index in [1.54, 1.807) is 0 Å². The van der Waals surface area contributed by atoms with E-state index in [1.807, 2.05) is 0 Å². The Morgan fingerprint density at radius 2 is 1.67 bits per heavy atom. The van der Waals surface area contributed by atoms with E-state index < -0.39 is 0 Å². The molecule has 2 N–H and O–H groups in total. The minimum atomic E-state index is -0.111. The minimum absolute atomic E-state index is 0.0295. The van der Waals surface area contributed by atoms with Gasteiger partial charge in [-0.25, -0.2) is 0 Å². The zero-order chi connectivity index (χ0) is 10.7. The third kappa shape index (κ3) is 2.51. The highest BCUT2D eigenvalue weighted by Gasteiger charge is 2.32. The fourth-order valence-corrected chi connectivity index (χ4v) is 3.11. The molecule has 2 rings (SSSR count). The molecule has 15 heavy (non-hydrogen) atoms. The third-order valence-corrected chi connectivity index (χ3v) is 3.92. The predicted octanol–water partition coefficient (Wildman–Crippen LogP) is 1.66. The first-order valence-corrected chi connectivity index (χ1v) is 6.34. The fourth-order valence-electron chi connectivity index (χ4n) is 3.11. The van der Waals surface area contributed by atoms with Crippen LogP contribution < -0.4 is 5.73 Å². The van der Waals surface area contributed by atoms with Gasteiger partial charge in [0.05, 0.1) is 6.04 Å². The molecule has 1 aliphatic heterocycles. The summed E-state index contributed by atoms with van der Waals surface area (Å²) in [5.74, 6) is -0.111. The number of nitrogens with two attached hydrogens (primary N) is 1. The van der Waals surface area contributed by atoms with Crippen LogP contribution in [0.2, 0.25) is 0 Å². The highest BCUT2D eigenvalue weighted by atomic mass is 16.1. The van der Waals surface area contributed by atoms with E-state index in [2.05, 4.69) is 4.90 Å². The highest BCUT2D eigenvalue weighted by molar-refractivity contribution is 5.80. The van der Waals surface area contributed by atoms with E-state index in [4.69, 9.17) is 5.73 Å². The summed E-state index contributed by atoms with van der Waals surface area (Å²) < 4.78 is 0. The molecule has 86 valence electrons. The summed E-state index contributed by atoms with van der Waals surface area (Å²) in [6.07, 6.45) is 9.93. The molecule has 0 bridgehead atoms. The molecule has 0 aromatic carbocycles. The lowest BCUT2D eigenvalue weighted by Crippen LogP contribution is -2.52. The van der Waals surface area contributed by atoms with E-state index in [0.29, 0.717) is 6.04 Å². The van der Waals surface area contributed by atoms with Crippen LogP contribution in [-0.2, 0) is 4.79 Å². The summed E-state index contributed by atoms with van der Waals surface area (Å²) in [5, 5.41) is 0. The van der Waals surface area contributed by atoms with E-state index in [0.717, 1.165) is 19.4 Å². The van der Waals surface area contributed by atoms with Gasteiger partial charge in [0, 0.05) is 6.04 Å². The smallest absolute Gasteiger partial charge is 0.234 e. The Morgan fingerprint density at radius 3 is 2.33 bits per heavy atom. The molecule has 1 unspecified atom stereocenters. The Morgan fingerprint density at radius 1 is 1.00 bits per heavy atom. The molecule has 1 saturated carbocycles. The monoisotopic (exact) mass is 210 g/mol. The number of amides is 1. The van der Waals surface area contributed by atoms with Crippen molar-refractivity contribution in [3.05, 3.63) is 0 Å². The summed E-state index contributed by atoms with van der Waals surface area (Å²) in [7, 11) is 0. The molecule has 0 aromatic rings. The average molecular weight is 210 g/mol. The van der Waals surface area contributed by atoms with Gasteiger partial charge in [0.1, 0.15) is 0 Å². The van der Waals surface area contributed by atoms with Crippen LogP contribution in [0.1, 0.15) is 51.4 Å². The van der Waals surface area contributed by atoms with Crippen molar-refractivity contribution in [1.82, 2.24) is 4.90 Å². The lowest BCUT2D eigenvalue weighted by atomic mass is 9.90. The van der Waals surface area contributed by atoms with Gasteiger partial charge in [-0.05, 0) is 32.2 Å². The first kappa shape index (κ1) is 10.9. The second-order valence-corrected chi connectivity index (χ2v) is 4.94. The Balaban J connectivity index is 1.99. The van der Waals surface area contributed by atoms with Crippen molar-refractivity contribution >= 4 is 5.91 Å². The Bertz CT molecular complexity index is 224. The number of likely N-dealkylation sites (tertiary alicyclic amines) is 1. The number of carbonyl (C=O) groups is 1. The maximum Gasteiger partial charge on any atom is 0.234 e. The standard InChI is InChI=1S/C12H22N2O/c13-12(15)11-8-4-5-9-14(11)10-6-2-1-3-7-10/h10-11H,1-9H2,(H2,13,15). The molecule has 0 spiro atoms. The van der Waals surface area contributed by atoms with Gasteiger partial charge in [-0.3, -0.25) is 9.69 Å². The van der Waals surface area contributed by atoms with Crippen LogP contribution in [0.25, 0.3) is 0 Å². The van der Waals surface area contributed by atoms with Crippen molar-refractivity contribution in [2.24, 2.45) is 5.73 Å². The molecule has 1 atom stereocenters. The molecule has 0 radical (unpaired) electrons. The molecule has 2 aliphatic rings. The summed E-state index contributed by atoms with van der Waals surface area (Å²) in [5.41, 5.74) is 5.48. The fraction of sp³-hybridized carbons (Fsp3) is 0.917. The lowest BCUT2D eigenvalue weighted by molar-refractivity contribution is -0.125. The Kier molecular flexibility index (Phi) is 3.62.